The molecule has 0 atom stereocenters. The van der Waals surface area contributed by atoms with Gasteiger partial charge in [0.25, 0.3) is 5.91 Å². The van der Waals surface area contributed by atoms with Crippen LogP contribution >= 0.6 is 0 Å². The number of aromatic hydroxyl groups is 1. The van der Waals surface area contributed by atoms with Crippen molar-refractivity contribution in [3.8, 4) is 5.88 Å². The first-order chi connectivity index (χ1) is 15.3. The third kappa shape index (κ3) is 4.56. The standard InChI is InChI=1S/C23H26FN5O3/c1-13(2)26-21(31)15-5-9-17(10-6-15)29-19-11-20(30)25-12-18(19)27-23(29)28-22(32)14-3-7-16(24)8-4-14/h3-4,7-8,11-13,15,17H,5-6,9-10H2,1-2H3,(H,25,30)(H,26,31)(H,27,28,32)/t15-,17+. The number of H-pyrrole nitrogens is 1. The molecule has 1 fully saturated rings. The van der Waals surface area contributed by atoms with Gasteiger partial charge in [-0.1, -0.05) is 0 Å². The molecule has 3 aromatic rings. The number of aromatic amines is 1. The van der Waals surface area contributed by atoms with Crippen LogP contribution in [0.15, 0.2) is 41.5 Å². The Morgan fingerprint density at radius 3 is 2.56 bits per heavy atom. The largest absolute Gasteiger partial charge is 0.493 e. The summed E-state index contributed by atoms with van der Waals surface area (Å²) >= 11 is 0. The van der Waals surface area contributed by atoms with Gasteiger partial charge >= 0.3 is 0 Å². The van der Waals surface area contributed by atoms with Gasteiger partial charge in [-0.3, -0.25) is 9.59 Å². The smallest absolute Gasteiger partial charge is 0.280 e. The molecule has 0 saturated heterocycles. The van der Waals surface area contributed by atoms with Crippen molar-refractivity contribution in [1.29, 1.82) is 0 Å². The molecule has 1 aromatic carbocycles. The number of carbonyl (C=O) groups excluding carboxylic acids is 2. The Hall–Kier alpha value is -3.49. The van der Waals surface area contributed by atoms with Crippen molar-refractivity contribution < 1.29 is 19.1 Å². The van der Waals surface area contributed by atoms with Crippen molar-refractivity contribution in [3.05, 3.63) is 53.5 Å². The molecule has 0 aliphatic heterocycles. The van der Waals surface area contributed by atoms with Crippen molar-refractivity contribution in [2.75, 3.05) is 0 Å². The summed E-state index contributed by atoms with van der Waals surface area (Å²) in [5.41, 5.74) is 1.91. The Labute approximate surface area is 184 Å². The molecule has 168 valence electrons. The molecule has 0 bridgehead atoms. The molecule has 2 amide bonds. The highest BCUT2D eigenvalue weighted by Crippen LogP contribution is 2.33. The van der Waals surface area contributed by atoms with Crippen LogP contribution in [0.2, 0.25) is 0 Å². The number of hydrogen-bond acceptors (Lipinski definition) is 4. The topological polar surface area (TPSA) is 112 Å². The highest BCUT2D eigenvalue weighted by Gasteiger charge is 2.29. The minimum absolute atomic E-state index is 0.00609. The van der Waals surface area contributed by atoms with Crippen molar-refractivity contribution >= 4 is 22.8 Å². The highest BCUT2D eigenvalue weighted by atomic mass is 19.1. The number of hydrogen-bond donors (Lipinski definition) is 3. The molecule has 2 heterocycles. The third-order valence-corrected chi connectivity index (χ3v) is 5.76. The molecule has 4 rings (SSSR count). The molecule has 0 unspecified atom stereocenters. The van der Waals surface area contributed by atoms with Crippen molar-refractivity contribution in [2.45, 2.75) is 51.6 Å². The molecular weight excluding hydrogens is 413 g/mol. The monoisotopic (exact) mass is 439 g/mol. The maximum absolute atomic E-state index is 13.2. The lowest BCUT2D eigenvalue weighted by atomic mass is 9.85. The lowest BCUT2D eigenvalue weighted by molar-refractivity contribution is -0.126. The number of carbonyl (C=O) groups is 2. The van der Waals surface area contributed by atoms with Crippen LogP contribution in [-0.2, 0) is 4.79 Å². The number of rotatable bonds is 4. The summed E-state index contributed by atoms with van der Waals surface area (Å²) in [5.74, 6) is -1.04. The van der Waals surface area contributed by atoms with Crippen LogP contribution < -0.4 is 10.9 Å². The van der Waals surface area contributed by atoms with Crippen LogP contribution in [0, 0.1) is 11.7 Å². The molecule has 32 heavy (non-hydrogen) atoms. The summed E-state index contributed by atoms with van der Waals surface area (Å²) in [6.45, 7) is 3.88. The van der Waals surface area contributed by atoms with E-state index in [0.717, 1.165) is 12.8 Å². The van der Waals surface area contributed by atoms with Gasteiger partial charge in [-0.15, -0.1) is 0 Å². The van der Waals surface area contributed by atoms with E-state index in [0.29, 0.717) is 29.5 Å². The van der Waals surface area contributed by atoms with Gasteiger partial charge < -0.3 is 20.0 Å². The van der Waals surface area contributed by atoms with Gasteiger partial charge in [0, 0.05) is 29.6 Å². The SMILES string of the molecule is CC(C)NC(=O)[C@H]1CC[C@@H](n2/c(=N/C(=O)c3ccc(F)cc3)[nH]c3cnc(O)cc32)CC1. The first kappa shape index (κ1) is 21.7. The Balaban J connectivity index is 1.68. The van der Waals surface area contributed by atoms with Crippen LogP contribution in [0.1, 0.15) is 55.9 Å². The molecule has 9 heteroatoms. The van der Waals surface area contributed by atoms with Gasteiger partial charge in [0.2, 0.25) is 17.4 Å². The Morgan fingerprint density at radius 1 is 1.22 bits per heavy atom. The highest BCUT2D eigenvalue weighted by molar-refractivity contribution is 5.94. The van der Waals surface area contributed by atoms with E-state index in [2.05, 4.69) is 20.3 Å². The quantitative estimate of drug-likeness (QED) is 0.579. The van der Waals surface area contributed by atoms with Crippen molar-refractivity contribution in [3.63, 3.8) is 0 Å². The molecule has 2 aromatic heterocycles. The van der Waals surface area contributed by atoms with Gasteiger partial charge in [0.1, 0.15) is 5.82 Å². The number of imidazole rings is 1. The number of benzene rings is 1. The third-order valence-electron chi connectivity index (χ3n) is 5.76. The van der Waals surface area contributed by atoms with Gasteiger partial charge in [0.15, 0.2) is 0 Å². The van der Waals surface area contributed by atoms with Crippen LogP contribution in [0.5, 0.6) is 5.88 Å². The number of amides is 2. The molecule has 8 nitrogen and oxygen atoms in total. The van der Waals surface area contributed by atoms with E-state index in [4.69, 9.17) is 0 Å². The molecule has 1 saturated carbocycles. The average Bonchev–Trinajstić information content (AvgIpc) is 3.10. The first-order valence-electron chi connectivity index (χ1n) is 10.8. The number of halogens is 1. The van der Waals surface area contributed by atoms with E-state index in [1.807, 2.05) is 18.4 Å². The van der Waals surface area contributed by atoms with Crippen LogP contribution in [0.4, 0.5) is 4.39 Å². The number of nitrogens with zero attached hydrogens (tertiary/aromatic N) is 3. The first-order valence-corrected chi connectivity index (χ1v) is 10.8. The maximum atomic E-state index is 13.2. The van der Waals surface area contributed by atoms with Crippen LogP contribution in [0.3, 0.4) is 0 Å². The number of pyridine rings is 1. The Morgan fingerprint density at radius 2 is 1.91 bits per heavy atom. The maximum Gasteiger partial charge on any atom is 0.280 e. The average molecular weight is 439 g/mol. The summed E-state index contributed by atoms with van der Waals surface area (Å²) in [6.07, 6.45) is 4.37. The minimum Gasteiger partial charge on any atom is -0.493 e. The predicted molar refractivity (Wildman–Crippen MR) is 116 cm³/mol. The predicted octanol–water partition coefficient (Wildman–Crippen LogP) is 3.21. The van der Waals surface area contributed by atoms with E-state index < -0.39 is 11.7 Å². The second-order valence-electron chi connectivity index (χ2n) is 8.47. The minimum atomic E-state index is -0.507. The second-order valence-corrected chi connectivity index (χ2v) is 8.47. The van der Waals surface area contributed by atoms with Crippen LogP contribution in [-0.4, -0.2) is 37.5 Å². The Bertz CT molecular complexity index is 1200. The van der Waals surface area contributed by atoms with Crippen molar-refractivity contribution in [2.24, 2.45) is 10.9 Å². The normalized spacial score (nSPS) is 19.4. The lowest BCUT2D eigenvalue weighted by Crippen LogP contribution is -2.38. The number of fused-ring (bicyclic) bond motifs is 1. The van der Waals surface area contributed by atoms with E-state index in [-0.39, 0.29) is 35.4 Å². The summed E-state index contributed by atoms with van der Waals surface area (Å²) in [4.78, 5) is 36.4. The van der Waals surface area contributed by atoms with E-state index in [1.165, 1.54) is 36.5 Å². The molecule has 1 aliphatic carbocycles. The van der Waals surface area contributed by atoms with E-state index >= 15 is 0 Å². The Kier molecular flexibility index (Phi) is 6.07. The van der Waals surface area contributed by atoms with Gasteiger partial charge in [0.05, 0.1) is 17.2 Å². The lowest BCUT2D eigenvalue weighted by Gasteiger charge is -2.29. The zero-order valence-electron chi connectivity index (χ0n) is 18.0. The fourth-order valence-electron chi connectivity index (χ4n) is 4.23. The zero-order chi connectivity index (χ0) is 22.8. The molecule has 3 N–H and O–H groups in total. The fraction of sp³-hybridized carbons (Fsp3) is 0.391. The number of nitrogens with one attached hydrogen (secondary N) is 2. The fourth-order valence-corrected chi connectivity index (χ4v) is 4.23. The number of aromatic nitrogens is 3. The summed E-state index contributed by atoms with van der Waals surface area (Å²) in [6, 6.07) is 6.83. The molecule has 0 spiro atoms. The van der Waals surface area contributed by atoms with Gasteiger partial charge in [-0.25, -0.2) is 9.37 Å². The molecule has 1 aliphatic rings. The van der Waals surface area contributed by atoms with E-state index in [1.54, 1.807) is 0 Å². The molecular formula is C23H26FN5O3. The van der Waals surface area contributed by atoms with E-state index in [9.17, 15) is 19.1 Å². The summed E-state index contributed by atoms with van der Waals surface area (Å²) in [7, 11) is 0. The second kappa shape index (κ2) is 8.94. The van der Waals surface area contributed by atoms with Crippen LogP contribution in [0.25, 0.3) is 11.0 Å². The van der Waals surface area contributed by atoms with Gasteiger partial charge in [-0.2, -0.15) is 4.99 Å². The zero-order valence-corrected chi connectivity index (χ0v) is 18.0. The molecule has 0 radical (unpaired) electrons. The summed E-state index contributed by atoms with van der Waals surface area (Å²) in [5, 5.41) is 12.9. The summed E-state index contributed by atoms with van der Waals surface area (Å²) < 4.78 is 15.1. The van der Waals surface area contributed by atoms with Crippen molar-refractivity contribution in [1.82, 2.24) is 19.9 Å². The van der Waals surface area contributed by atoms with Gasteiger partial charge in [-0.05, 0) is 63.8 Å².